The number of hydrogen-bond acceptors (Lipinski definition) is 5. The van der Waals surface area contributed by atoms with Gasteiger partial charge in [-0.15, -0.1) is 13.2 Å². The molecular weight excluding hydrogens is 735 g/mol. The number of hydrogen-bond donors (Lipinski definition) is 2. The third-order valence-electron chi connectivity index (χ3n) is 7.85. The summed E-state index contributed by atoms with van der Waals surface area (Å²) in [5, 5.41) is 5.78. The van der Waals surface area contributed by atoms with Crippen molar-refractivity contribution in [3.05, 3.63) is 25.3 Å². The first-order valence-electron chi connectivity index (χ1n) is 23.9. The van der Waals surface area contributed by atoms with Gasteiger partial charge in [-0.1, -0.05) is 174 Å². The van der Waals surface area contributed by atoms with E-state index in [2.05, 4.69) is 93.0 Å². The highest BCUT2D eigenvalue weighted by atomic mass is 16.2. The number of nitrogens with one attached hydrogen (secondary N) is 2. The standard InChI is InChI=1S/C21H39N3O3.C7H14.C5H12.C4H10.C3H8.C3H6.2C2H4O.2C2H6/c1-7-10-14(4)19(23-21(27)22-15(5)9-3)20(26)24-13-17(11-8-2)12-18(24)16(6)25;1-4-5-6-7(2)3;1-3-5-4-2;1-3-4-2;2*1-3-2;2*1-2-3;2*1-2/h14-15,17-19H,7-13H2,1-6H3,(H2,22,23,27);4,7H,1,5-6H2,2-3H3;3-5H2,1-2H3;3-4H2,1-2H3;3H2,1-2H3;3H,1H2,2H3;2*2H,1H3;2*1-2H3/t14?,15?,17-,18?,19?;;;;;;;;;/m1........./s1. The number of nitrogens with zero attached hydrogens (tertiary/aromatic N) is 1. The molecule has 0 saturated carbocycles. The molecule has 1 aliphatic rings. The molecule has 59 heavy (non-hydrogen) atoms. The predicted molar refractivity (Wildman–Crippen MR) is 267 cm³/mol. The third-order valence-corrected chi connectivity index (χ3v) is 7.85. The van der Waals surface area contributed by atoms with E-state index in [9.17, 15) is 14.4 Å². The van der Waals surface area contributed by atoms with Crippen LogP contribution in [0.2, 0.25) is 0 Å². The van der Waals surface area contributed by atoms with Crippen LogP contribution in [0.1, 0.15) is 235 Å². The molecule has 1 rings (SSSR count). The molecule has 0 aromatic heterocycles. The number of ketones is 1. The Kier molecular flexibility index (Phi) is 91.0. The highest BCUT2D eigenvalue weighted by molar-refractivity contribution is 5.92. The maximum atomic E-state index is 13.3. The maximum Gasteiger partial charge on any atom is 0.315 e. The molecule has 0 radical (unpaired) electrons. The number of amides is 3. The summed E-state index contributed by atoms with van der Waals surface area (Å²) < 4.78 is 0. The van der Waals surface area contributed by atoms with Crippen LogP contribution in [0.5, 0.6) is 0 Å². The Labute approximate surface area is 371 Å². The van der Waals surface area contributed by atoms with Crippen LogP contribution in [-0.4, -0.2) is 59.9 Å². The fourth-order valence-electron chi connectivity index (χ4n) is 4.73. The van der Waals surface area contributed by atoms with Crippen LogP contribution in [0, 0.1) is 17.8 Å². The molecule has 358 valence electrons. The van der Waals surface area contributed by atoms with Gasteiger partial charge in [0.15, 0.2) is 5.78 Å². The van der Waals surface area contributed by atoms with E-state index in [1.807, 2.05) is 61.5 Å². The van der Waals surface area contributed by atoms with E-state index in [4.69, 9.17) is 9.59 Å². The fourth-order valence-corrected chi connectivity index (χ4v) is 4.73. The number of aldehydes is 2. The van der Waals surface area contributed by atoms with Crippen molar-refractivity contribution < 1.29 is 24.0 Å². The molecular formula is C51H109N3O5. The number of carbonyl (C=O) groups is 5. The lowest BCUT2D eigenvalue weighted by atomic mass is 9.95. The zero-order valence-corrected chi connectivity index (χ0v) is 43.8. The van der Waals surface area contributed by atoms with Gasteiger partial charge in [0, 0.05) is 12.6 Å². The van der Waals surface area contributed by atoms with E-state index in [1.54, 1.807) is 17.9 Å². The summed E-state index contributed by atoms with van der Waals surface area (Å²) in [4.78, 5) is 57.2. The second-order valence-corrected chi connectivity index (χ2v) is 14.4. The normalized spacial score (nSPS) is 14.0. The first-order valence-corrected chi connectivity index (χ1v) is 23.9. The van der Waals surface area contributed by atoms with Gasteiger partial charge in [0.2, 0.25) is 5.91 Å². The summed E-state index contributed by atoms with van der Waals surface area (Å²) in [6, 6.07) is -1.22. The zero-order chi connectivity index (χ0) is 48.6. The Hall–Kier alpha value is -2.77. The van der Waals surface area contributed by atoms with Crippen LogP contribution in [0.25, 0.3) is 0 Å². The lowest BCUT2D eigenvalue weighted by Gasteiger charge is -2.31. The predicted octanol–water partition coefficient (Wildman–Crippen LogP) is 15.2. The van der Waals surface area contributed by atoms with E-state index in [-0.39, 0.29) is 35.7 Å². The summed E-state index contributed by atoms with van der Waals surface area (Å²) >= 11 is 0. The van der Waals surface area contributed by atoms with E-state index in [0.29, 0.717) is 12.5 Å². The van der Waals surface area contributed by atoms with Gasteiger partial charge in [-0.25, -0.2) is 4.79 Å². The highest BCUT2D eigenvalue weighted by Crippen LogP contribution is 2.29. The van der Waals surface area contributed by atoms with Crippen LogP contribution in [-0.2, 0) is 19.2 Å². The lowest BCUT2D eigenvalue weighted by Crippen LogP contribution is -2.56. The Morgan fingerprint density at radius 3 is 1.39 bits per heavy atom. The molecule has 1 aliphatic heterocycles. The number of allylic oxidation sites excluding steroid dienone is 2. The van der Waals surface area contributed by atoms with Gasteiger partial charge >= 0.3 is 6.03 Å². The van der Waals surface area contributed by atoms with E-state index in [0.717, 1.165) is 63.4 Å². The van der Waals surface area contributed by atoms with Gasteiger partial charge in [0.05, 0.1) is 6.04 Å². The van der Waals surface area contributed by atoms with Gasteiger partial charge in [0.25, 0.3) is 0 Å². The molecule has 0 bridgehead atoms. The Bertz CT molecular complexity index is 829. The number of Topliss-reactive ketones (excluding diaryl/α,β-unsaturated/α-hetero) is 1. The van der Waals surface area contributed by atoms with Crippen molar-refractivity contribution in [2.45, 2.75) is 253 Å². The lowest BCUT2D eigenvalue weighted by molar-refractivity contribution is -0.139. The molecule has 3 amide bonds. The summed E-state index contributed by atoms with van der Waals surface area (Å²) in [6.45, 7) is 49.6. The minimum Gasteiger partial charge on any atom is -0.336 e. The number of likely N-dealkylation sites (tertiary alicyclic amines) is 1. The topological polar surface area (TPSA) is 113 Å². The van der Waals surface area contributed by atoms with Gasteiger partial charge in [0.1, 0.15) is 18.6 Å². The Balaban J connectivity index is -0.0000000904. The van der Waals surface area contributed by atoms with Crippen LogP contribution in [0.4, 0.5) is 4.79 Å². The summed E-state index contributed by atoms with van der Waals surface area (Å²) in [5.74, 6) is 1.13. The maximum absolute atomic E-state index is 13.3. The van der Waals surface area contributed by atoms with Crippen LogP contribution in [0.3, 0.4) is 0 Å². The fraction of sp³-hybridized carbons (Fsp3) is 0.824. The first kappa shape index (κ1) is 76.9. The number of carbonyl (C=O) groups excluding carboxylic acids is 5. The second kappa shape index (κ2) is 69.8. The molecule has 1 fully saturated rings. The molecule has 2 N–H and O–H groups in total. The van der Waals surface area contributed by atoms with Crippen molar-refractivity contribution in [1.82, 2.24) is 15.5 Å². The first-order chi connectivity index (χ1) is 28.0. The van der Waals surface area contributed by atoms with Crippen LogP contribution >= 0.6 is 0 Å². The largest absolute Gasteiger partial charge is 0.336 e. The molecule has 8 heteroatoms. The third kappa shape index (κ3) is 67.3. The molecule has 0 aromatic rings. The van der Waals surface area contributed by atoms with Gasteiger partial charge in [-0.3, -0.25) is 9.59 Å². The van der Waals surface area contributed by atoms with E-state index < -0.39 is 6.04 Å². The quantitative estimate of drug-likeness (QED) is 0.119. The van der Waals surface area contributed by atoms with Gasteiger partial charge in [-0.2, -0.15) is 0 Å². The smallest absolute Gasteiger partial charge is 0.315 e. The van der Waals surface area contributed by atoms with Gasteiger partial charge < -0.3 is 25.1 Å². The van der Waals surface area contributed by atoms with Crippen molar-refractivity contribution in [3.8, 4) is 0 Å². The number of urea groups is 1. The van der Waals surface area contributed by atoms with Crippen molar-refractivity contribution in [2.75, 3.05) is 6.54 Å². The number of unbranched alkanes of at least 4 members (excludes halogenated alkanes) is 3. The van der Waals surface area contributed by atoms with Crippen molar-refractivity contribution in [2.24, 2.45) is 17.8 Å². The van der Waals surface area contributed by atoms with Crippen molar-refractivity contribution in [1.29, 1.82) is 0 Å². The minimum absolute atomic E-state index is 0.0167. The SMILES string of the molecule is C=CC.C=CCCC(C)C.CC.CC.CC=O.CC=O.CCC.CCCC.CCCC(C)C(NC(=O)NC(C)CC)C(=O)N1C[C@H](CCC)CC1C(C)=O.CCCCC. The summed E-state index contributed by atoms with van der Waals surface area (Å²) in [5.41, 5.74) is 0. The van der Waals surface area contributed by atoms with Crippen LogP contribution in [0.15, 0.2) is 25.3 Å². The van der Waals surface area contributed by atoms with E-state index in [1.165, 1.54) is 58.8 Å². The molecule has 5 atom stereocenters. The molecule has 8 nitrogen and oxygen atoms in total. The average molecular weight is 844 g/mol. The Morgan fingerprint density at radius 1 is 0.712 bits per heavy atom. The summed E-state index contributed by atoms with van der Waals surface area (Å²) in [6.07, 6.45) is 21.0. The molecule has 0 aromatic carbocycles. The summed E-state index contributed by atoms with van der Waals surface area (Å²) in [7, 11) is 0. The Morgan fingerprint density at radius 2 is 1.14 bits per heavy atom. The van der Waals surface area contributed by atoms with Crippen molar-refractivity contribution in [3.63, 3.8) is 0 Å². The molecule has 1 saturated heterocycles. The van der Waals surface area contributed by atoms with E-state index >= 15 is 0 Å². The number of rotatable bonds is 16. The molecule has 1 heterocycles. The molecule has 0 aliphatic carbocycles. The van der Waals surface area contributed by atoms with Gasteiger partial charge in [-0.05, 0) is 90.9 Å². The molecule has 0 spiro atoms. The highest BCUT2D eigenvalue weighted by Gasteiger charge is 2.41. The van der Waals surface area contributed by atoms with Crippen LogP contribution < -0.4 is 10.6 Å². The van der Waals surface area contributed by atoms with Crippen molar-refractivity contribution >= 4 is 30.3 Å². The second-order valence-electron chi connectivity index (χ2n) is 14.4. The average Bonchev–Trinajstić information content (AvgIpc) is 3.64. The minimum atomic E-state index is -0.601. The zero-order valence-electron chi connectivity index (χ0n) is 43.8. The molecule has 4 unspecified atom stereocenters. The monoisotopic (exact) mass is 844 g/mol.